The molecule has 0 aromatic heterocycles. The Morgan fingerprint density at radius 1 is 1.21 bits per heavy atom. The summed E-state index contributed by atoms with van der Waals surface area (Å²) in [4.78, 5) is 2.44. The van der Waals surface area contributed by atoms with Crippen LogP contribution < -0.4 is 5.73 Å². The fraction of sp³-hybridized carbons (Fsp3) is 0.625. The van der Waals surface area contributed by atoms with Gasteiger partial charge < -0.3 is 10.6 Å². The molecule has 2 nitrogen and oxygen atoms in total. The molecule has 3 heteroatoms. The van der Waals surface area contributed by atoms with Crippen LogP contribution in [0.1, 0.15) is 38.7 Å². The van der Waals surface area contributed by atoms with Crippen LogP contribution in [0.2, 0.25) is 0 Å². The summed E-state index contributed by atoms with van der Waals surface area (Å²) in [5.74, 6) is 0.328. The van der Waals surface area contributed by atoms with Gasteiger partial charge in [0.15, 0.2) is 0 Å². The number of hydrogen-bond donors (Lipinski definition) is 1. The van der Waals surface area contributed by atoms with Gasteiger partial charge in [-0.1, -0.05) is 26.0 Å². The lowest BCUT2D eigenvalue weighted by atomic mass is 9.82. The second-order valence-electron chi connectivity index (χ2n) is 6.24. The summed E-state index contributed by atoms with van der Waals surface area (Å²) in [6.45, 7) is 7.53. The molecule has 1 saturated heterocycles. The number of likely N-dealkylation sites (tertiary alicyclic amines) is 1. The first-order valence-corrected chi connectivity index (χ1v) is 7.27. The second-order valence-corrected chi connectivity index (χ2v) is 6.24. The Bertz CT molecular complexity index is 396. The minimum atomic E-state index is -0.369. The van der Waals surface area contributed by atoms with Gasteiger partial charge in [-0.25, -0.2) is 4.39 Å². The number of benzene rings is 1. The predicted molar refractivity (Wildman–Crippen MR) is 77.4 cm³/mol. The van der Waals surface area contributed by atoms with Gasteiger partial charge in [-0.2, -0.15) is 0 Å². The standard InChI is InChI=1S/C16H25FN2/c1-13(2)11-16(18,12-19-9-3-4-10-19)14-5-7-15(17)8-6-14/h5-8,13H,3-4,9-12,18H2,1-2H3. The molecule has 0 bridgehead atoms. The van der Waals surface area contributed by atoms with Crippen LogP contribution >= 0.6 is 0 Å². The zero-order valence-electron chi connectivity index (χ0n) is 12.0. The molecular formula is C16H25FN2. The summed E-state index contributed by atoms with van der Waals surface area (Å²) in [6, 6.07) is 6.71. The highest BCUT2D eigenvalue weighted by Crippen LogP contribution is 2.28. The van der Waals surface area contributed by atoms with E-state index in [0.29, 0.717) is 5.92 Å². The molecule has 1 atom stereocenters. The molecular weight excluding hydrogens is 239 g/mol. The van der Waals surface area contributed by atoms with E-state index >= 15 is 0 Å². The molecule has 2 rings (SSSR count). The maximum Gasteiger partial charge on any atom is 0.123 e. The first-order valence-electron chi connectivity index (χ1n) is 7.27. The average molecular weight is 264 g/mol. The average Bonchev–Trinajstić information content (AvgIpc) is 2.81. The van der Waals surface area contributed by atoms with E-state index in [1.165, 1.54) is 25.0 Å². The van der Waals surface area contributed by atoms with Crippen LogP contribution in [0.5, 0.6) is 0 Å². The number of hydrogen-bond acceptors (Lipinski definition) is 2. The number of rotatable bonds is 5. The lowest BCUT2D eigenvalue weighted by Crippen LogP contribution is -2.47. The molecule has 0 spiro atoms. The topological polar surface area (TPSA) is 29.3 Å². The van der Waals surface area contributed by atoms with E-state index < -0.39 is 0 Å². The van der Waals surface area contributed by atoms with Crippen molar-refractivity contribution in [2.24, 2.45) is 11.7 Å². The third-order valence-electron chi connectivity index (χ3n) is 3.90. The summed E-state index contributed by atoms with van der Waals surface area (Å²) in [7, 11) is 0. The van der Waals surface area contributed by atoms with Crippen LogP contribution in [-0.4, -0.2) is 24.5 Å². The molecule has 1 fully saturated rings. The smallest absolute Gasteiger partial charge is 0.123 e. The lowest BCUT2D eigenvalue weighted by molar-refractivity contribution is 0.219. The van der Waals surface area contributed by atoms with Crippen molar-refractivity contribution < 1.29 is 4.39 Å². The summed E-state index contributed by atoms with van der Waals surface area (Å²) >= 11 is 0. The maximum atomic E-state index is 13.1. The van der Waals surface area contributed by atoms with Gasteiger partial charge >= 0.3 is 0 Å². The van der Waals surface area contributed by atoms with Gasteiger partial charge in [-0.3, -0.25) is 0 Å². The molecule has 1 heterocycles. The number of halogens is 1. The van der Waals surface area contributed by atoms with Gasteiger partial charge in [-0.15, -0.1) is 0 Å². The first kappa shape index (κ1) is 14.5. The van der Waals surface area contributed by atoms with E-state index in [1.807, 2.05) is 12.1 Å². The third-order valence-corrected chi connectivity index (χ3v) is 3.90. The molecule has 106 valence electrons. The third kappa shape index (κ3) is 3.77. The van der Waals surface area contributed by atoms with Gasteiger partial charge in [0.25, 0.3) is 0 Å². The van der Waals surface area contributed by atoms with Crippen LogP contribution in [0.3, 0.4) is 0 Å². The Balaban J connectivity index is 2.19. The Morgan fingerprint density at radius 2 is 1.79 bits per heavy atom. The largest absolute Gasteiger partial charge is 0.320 e. The highest BCUT2D eigenvalue weighted by atomic mass is 19.1. The summed E-state index contributed by atoms with van der Waals surface area (Å²) in [5.41, 5.74) is 7.37. The van der Waals surface area contributed by atoms with Crippen molar-refractivity contribution in [3.63, 3.8) is 0 Å². The van der Waals surface area contributed by atoms with Crippen LogP contribution in [0.15, 0.2) is 24.3 Å². The van der Waals surface area contributed by atoms with Crippen molar-refractivity contribution >= 4 is 0 Å². The molecule has 1 aromatic carbocycles. The minimum Gasteiger partial charge on any atom is -0.320 e. The highest BCUT2D eigenvalue weighted by molar-refractivity contribution is 5.25. The van der Waals surface area contributed by atoms with Gasteiger partial charge in [0.2, 0.25) is 0 Å². The Kier molecular flexibility index (Phi) is 4.58. The summed E-state index contributed by atoms with van der Waals surface area (Å²) in [5, 5.41) is 0. The molecule has 19 heavy (non-hydrogen) atoms. The fourth-order valence-corrected chi connectivity index (χ4v) is 3.12. The molecule has 0 radical (unpaired) electrons. The van der Waals surface area contributed by atoms with Gasteiger partial charge in [0.1, 0.15) is 5.82 Å². The van der Waals surface area contributed by atoms with Gasteiger partial charge in [-0.05, 0) is 56.0 Å². The van der Waals surface area contributed by atoms with Crippen molar-refractivity contribution in [3.8, 4) is 0 Å². The van der Waals surface area contributed by atoms with Crippen LogP contribution in [0, 0.1) is 11.7 Å². The van der Waals surface area contributed by atoms with Crippen molar-refractivity contribution in [3.05, 3.63) is 35.6 Å². The Labute approximate surface area is 115 Å². The lowest BCUT2D eigenvalue weighted by Gasteiger charge is -2.35. The van der Waals surface area contributed by atoms with E-state index in [0.717, 1.165) is 31.6 Å². The van der Waals surface area contributed by atoms with Gasteiger partial charge in [0, 0.05) is 6.54 Å². The first-order chi connectivity index (χ1) is 8.99. The van der Waals surface area contributed by atoms with Crippen molar-refractivity contribution in [1.29, 1.82) is 0 Å². The summed E-state index contributed by atoms with van der Waals surface area (Å²) in [6.07, 6.45) is 3.46. The Morgan fingerprint density at radius 3 is 2.32 bits per heavy atom. The van der Waals surface area contributed by atoms with Gasteiger partial charge in [0.05, 0.1) is 5.54 Å². The van der Waals surface area contributed by atoms with Crippen molar-refractivity contribution in [1.82, 2.24) is 4.90 Å². The fourth-order valence-electron chi connectivity index (χ4n) is 3.12. The zero-order valence-corrected chi connectivity index (χ0v) is 12.0. The maximum absolute atomic E-state index is 13.1. The van der Waals surface area contributed by atoms with E-state index in [1.54, 1.807) is 0 Å². The zero-order chi connectivity index (χ0) is 13.9. The van der Waals surface area contributed by atoms with E-state index in [-0.39, 0.29) is 11.4 Å². The Hall–Kier alpha value is -0.930. The molecule has 1 aliphatic heterocycles. The molecule has 0 saturated carbocycles. The van der Waals surface area contributed by atoms with E-state index in [9.17, 15) is 4.39 Å². The number of nitrogens with two attached hydrogens (primary N) is 1. The molecule has 1 unspecified atom stereocenters. The molecule has 1 aromatic rings. The number of nitrogens with zero attached hydrogens (tertiary/aromatic N) is 1. The summed E-state index contributed by atoms with van der Waals surface area (Å²) < 4.78 is 13.1. The quantitative estimate of drug-likeness (QED) is 0.885. The van der Waals surface area contributed by atoms with E-state index in [4.69, 9.17) is 5.73 Å². The normalized spacial score (nSPS) is 19.8. The van der Waals surface area contributed by atoms with Crippen LogP contribution in [0.25, 0.3) is 0 Å². The minimum absolute atomic E-state index is 0.197. The van der Waals surface area contributed by atoms with Crippen LogP contribution in [0.4, 0.5) is 4.39 Å². The molecule has 0 amide bonds. The molecule has 1 aliphatic rings. The van der Waals surface area contributed by atoms with Crippen molar-refractivity contribution in [2.75, 3.05) is 19.6 Å². The second kappa shape index (κ2) is 6.02. The highest BCUT2D eigenvalue weighted by Gasteiger charge is 2.31. The van der Waals surface area contributed by atoms with E-state index in [2.05, 4.69) is 18.7 Å². The molecule has 0 aliphatic carbocycles. The predicted octanol–water partition coefficient (Wildman–Crippen LogP) is 3.12. The SMILES string of the molecule is CC(C)CC(N)(CN1CCCC1)c1ccc(F)cc1. The van der Waals surface area contributed by atoms with Crippen LogP contribution in [-0.2, 0) is 5.54 Å². The molecule has 2 N–H and O–H groups in total. The monoisotopic (exact) mass is 264 g/mol. The van der Waals surface area contributed by atoms with Crippen molar-refractivity contribution in [2.45, 2.75) is 38.6 Å².